The minimum Gasteiger partial charge on any atom is -0.491 e. The first-order valence-corrected chi connectivity index (χ1v) is 5.87. The fourth-order valence-corrected chi connectivity index (χ4v) is 1.64. The highest BCUT2D eigenvalue weighted by molar-refractivity contribution is 6.43. The largest absolute Gasteiger partial charge is 0.491 e. The lowest BCUT2D eigenvalue weighted by atomic mass is 10.3. The summed E-state index contributed by atoms with van der Waals surface area (Å²) in [7, 11) is 0. The van der Waals surface area contributed by atoms with Gasteiger partial charge in [0.2, 0.25) is 0 Å². The van der Waals surface area contributed by atoms with Crippen molar-refractivity contribution in [1.29, 1.82) is 0 Å². The highest BCUT2D eigenvalue weighted by Gasteiger charge is 2.06. The molecule has 0 aliphatic carbocycles. The van der Waals surface area contributed by atoms with E-state index < -0.39 is 0 Å². The van der Waals surface area contributed by atoms with Gasteiger partial charge in [-0.3, -0.25) is 0 Å². The van der Waals surface area contributed by atoms with E-state index in [9.17, 15) is 0 Å². The van der Waals surface area contributed by atoms with Crippen molar-refractivity contribution in [1.82, 2.24) is 5.32 Å². The monoisotopic (exact) mass is 279 g/mol. The van der Waals surface area contributed by atoms with E-state index in [2.05, 4.69) is 11.9 Å². The Morgan fingerprint density at radius 1 is 1.19 bits per heavy atom. The number of rotatable bonds is 6. The van der Waals surface area contributed by atoms with Crippen LogP contribution in [0.4, 0.5) is 0 Å². The van der Waals surface area contributed by atoms with Crippen LogP contribution < -0.4 is 10.1 Å². The summed E-state index contributed by atoms with van der Waals surface area (Å²) in [5, 5.41) is 4.41. The third-order valence-electron chi connectivity index (χ3n) is 1.80. The summed E-state index contributed by atoms with van der Waals surface area (Å²) in [6, 6.07) is 3.18. The molecule has 0 bridgehead atoms. The summed E-state index contributed by atoms with van der Waals surface area (Å²) in [4.78, 5) is 0. The molecule has 0 heterocycles. The Balaban J connectivity index is 2.47. The Morgan fingerprint density at radius 2 is 1.88 bits per heavy atom. The van der Waals surface area contributed by atoms with Gasteiger partial charge in [0.15, 0.2) is 0 Å². The van der Waals surface area contributed by atoms with Crippen LogP contribution >= 0.6 is 34.8 Å². The van der Waals surface area contributed by atoms with Crippen LogP contribution in [0.15, 0.2) is 24.8 Å². The van der Waals surface area contributed by atoms with E-state index in [0.29, 0.717) is 34.0 Å². The van der Waals surface area contributed by atoms with Crippen molar-refractivity contribution in [3.05, 3.63) is 39.9 Å². The Kier molecular flexibility index (Phi) is 5.99. The summed E-state index contributed by atoms with van der Waals surface area (Å²) in [5.41, 5.74) is 0. The molecule has 0 fully saturated rings. The third-order valence-corrected chi connectivity index (χ3v) is 2.82. The number of nitrogens with one attached hydrogen (secondary N) is 1. The van der Waals surface area contributed by atoms with Gasteiger partial charge < -0.3 is 10.1 Å². The molecule has 2 nitrogen and oxygen atoms in total. The van der Waals surface area contributed by atoms with Crippen molar-refractivity contribution in [3.8, 4) is 5.75 Å². The van der Waals surface area contributed by atoms with Gasteiger partial charge in [0.05, 0.1) is 15.1 Å². The highest BCUT2D eigenvalue weighted by Crippen LogP contribution is 2.33. The average molecular weight is 281 g/mol. The lowest BCUT2D eigenvalue weighted by Crippen LogP contribution is -2.20. The van der Waals surface area contributed by atoms with E-state index in [1.54, 1.807) is 18.2 Å². The molecule has 0 atom stereocenters. The number of ether oxygens (including phenoxy) is 1. The van der Waals surface area contributed by atoms with Crippen LogP contribution in [0, 0.1) is 0 Å². The predicted molar refractivity (Wildman–Crippen MR) is 70.0 cm³/mol. The van der Waals surface area contributed by atoms with E-state index in [0.717, 1.165) is 6.54 Å². The van der Waals surface area contributed by atoms with Gasteiger partial charge in [0, 0.05) is 19.2 Å². The number of halogens is 3. The maximum atomic E-state index is 5.94. The van der Waals surface area contributed by atoms with Crippen LogP contribution in [-0.2, 0) is 0 Å². The summed E-state index contributed by atoms with van der Waals surface area (Å²) in [6.45, 7) is 5.56. The van der Waals surface area contributed by atoms with Crippen LogP contribution in [0.5, 0.6) is 5.75 Å². The van der Waals surface area contributed by atoms with Crippen molar-refractivity contribution in [2.24, 2.45) is 0 Å². The fourth-order valence-electron chi connectivity index (χ4n) is 1.05. The molecule has 1 aromatic carbocycles. The number of benzene rings is 1. The molecule has 0 aromatic heterocycles. The molecule has 0 spiro atoms. The molecule has 0 saturated heterocycles. The van der Waals surface area contributed by atoms with Crippen LogP contribution in [0.25, 0.3) is 0 Å². The minimum absolute atomic E-state index is 0.420. The molecular formula is C11H12Cl3NO. The maximum Gasteiger partial charge on any atom is 0.139 e. The van der Waals surface area contributed by atoms with Gasteiger partial charge in [-0.2, -0.15) is 0 Å². The molecule has 0 unspecified atom stereocenters. The van der Waals surface area contributed by atoms with E-state index in [-0.39, 0.29) is 0 Å². The zero-order chi connectivity index (χ0) is 12.0. The second-order valence-corrected chi connectivity index (χ2v) is 4.26. The molecule has 1 N–H and O–H groups in total. The van der Waals surface area contributed by atoms with Crippen LogP contribution in [0.1, 0.15) is 0 Å². The predicted octanol–water partition coefficient (Wildman–Crippen LogP) is 3.80. The van der Waals surface area contributed by atoms with Gasteiger partial charge in [0.1, 0.15) is 12.4 Å². The second kappa shape index (κ2) is 7.02. The molecule has 0 aliphatic rings. The minimum atomic E-state index is 0.420. The van der Waals surface area contributed by atoms with E-state index in [1.807, 2.05) is 0 Å². The van der Waals surface area contributed by atoms with Gasteiger partial charge in [-0.25, -0.2) is 0 Å². The van der Waals surface area contributed by atoms with Gasteiger partial charge in [-0.05, 0) is 6.07 Å². The van der Waals surface area contributed by atoms with Crippen LogP contribution in [0.2, 0.25) is 15.1 Å². The number of hydrogen-bond donors (Lipinski definition) is 1. The summed E-state index contributed by atoms with van der Waals surface area (Å²) in [5.74, 6) is 0.538. The average Bonchev–Trinajstić information content (AvgIpc) is 2.25. The van der Waals surface area contributed by atoms with Gasteiger partial charge in [0.25, 0.3) is 0 Å². The van der Waals surface area contributed by atoms with E-state index in [1.165, 1.54) is 0 Å². The first-order chi connectivity index (χ1) is 7.65. The summed E-state index contributed by atoms with van der Waals surface area (Å²) >= 11 is 17.6. The van der Waals surface area contributed by atoms with Gasteiger partial charge in [-0.15, -0.1) is 6.58 Å². The molecule has 5 heteroatoms. The van der Waals surface area contributed by atoms with E-state index in [4.69, 9.17) is 39.5 Å². The Bertz CT molecular complexity index is 368. The summed E-state index contributed by atoms with van der Waals surface area (Å²) < 4.78 is 5.45. The van der Waals surface area contributed by atoms with Crippen molar-refractivity contribution < 1.29 is 4.74 Å². The standard InChI is InChI=1S/C11H12Cl3NO/c1-2-3-15-4-5-16-11-7-9(13)8(12)6-10(11)14/h2,6-7,15H,1,3-5H2. The molecule has 16 heavy (non-hydrogen) atoms. The Hall–Kier alpha value is -0.410. The molecule has 1 rings (SSSR count). The Morgan fingerprint density at radius 3 is 2.56 bits per heavy atom. The highest BCUT2D eigenvalue weighted by atomic mass is 35.5. The van der Waals surface area contributed by atoms with Gasteiger partial charge in [-0.1, -0.05) is 40.9 Å². The summed E-state index contributed by atoms with van der Waals surface area (Å²) in [6.07, 6.45) is 1.78. The van der Waals surface area contributed by atoms with Gasteiger partial charge >= 0.3 is 0 Å². The van der Waals surface area contributed by atoms with Crippen LogP contribution in [0.3, 0.4) is 0 Å². The van der Waals surface area contributed by atoms with E-state index >= 15 is 0 Å². The molecule has 88 valence electrons. The van der Waals surface area contributed by atoms with Crippen molar-refractivity contribution in [3.63, 3.8) is 0 Å². The lowest BCUT2D eigenvalue weighted by Gasteiger charge is -2.09. The SMILES string of the molecule is C=CCNCCOc1cc(Cl)c(Cl)cc1Cl. The Labute approximate surface area is 110 Å². The second-order valence-electron chi connectivity index (χ2n) is 3.04. The molecule has 0 radical (unpaired) electrons. The molecular weight excluding hydrogens is 268 g/mol. The zero-order valence-electron chi connectivity index (χ0n) is 8.60. The number of hydrogen-bond acceptors (Lipinski definition) is 2. The zero-order valence-corrected chi connectivity index (χ0v) is 10.9. The van der Waals surface area contributed by atoms with Crippen molar-refractivity contribution in [2.45, 2.75) is 0 Å². The first kappa shape index (κ1) is 13.7. The first-order valence-electron chi connectivity index (χ1n) is 4.74. The molecule has 1 aromatic rings. The molecule has 0 amide bonds. The third kappa shape index (κ3) is 4.22. The quantitative estimate of drug-likeness (QED) is 0.486. The topological polar surface area (TPSA) is 21.3 Å². The normalized spacial score (nSPS) is 10.2. The fraction of sp³-hybridized carbons (Fsp3) is 0.273. The van der Waals surface area contributed by atoms with Crippen LogP contribution in [-0.4, -0.2) is 19.7 Å². The smallest absolute Gasteiger partial charge is 0.139 e. The van der Waals surface area contributed by atoms with Crippen molar-refractivity contribution >= 4 is 34.8 Å². The molecule has 0 aliphatic heterocycles. The lowest BCUT2D eigenvalue weighted by molar-refractivity contribution is 0.316. The maximum absolute atomic E-state index is 5.94. The molecule has 0 saturated carbocycles. The van der Waals surface area contributed by atoms with Crippen molar-refractivity contribution in [2.75, 3.05) is 19.7 Å².